The predicted octanol–water partition coefficient (Wildman–Crippen LogP) is 9.47. The largest absolute Gasteiger partial charge is 0.321 e. The van der Waals surface area contributed by atoms with Crippen molar-refractivity contribution in [2.24, 2.45) is 15.9 Å². The van der Waals surface area contributed by atoms with Crippen LogP contribution in [-0.4, -0.2) is 11.5 Å². The third-order valence-electron chi connectivity index (χ3n) is 7.84. The van der Waals surface area contributed by atoms with Gasteiger partial charge in [-0.3, -0.25) is 0 Å². The number of hydrazone groups is 1. The van der Waals surface area contributed by atoms with Crippen LogP contribution in [0.1, 0.15) is 40.7 Å². The van der Waals surface area contributed by atoms with Gasteiger partial charge >= 0.3 is 0 Å². The lowest BCUT2D eigenvalue weighted by Crippen LogP contribution is -2.10. The number of allylic oxidation sites excluding steroid dienone is 4. The van der Waals surface area contributed by atoms with E-state index in [2.05, 4.69) is 96.1 Å². The van der Waals surface area contributed by atoms with Crippen LogP contribution in [0.4, 0.5) is 0 Å². The minimum atomic E-state index is 0.502. The molecule has 42 heavy (non-hydrogen) atoms. The van der Waals surface area contributed by atoms with Crippen LogP contribution in [0.5, 0.6) is 0 Å². The normalized spacial score (nSPS) is 14.2. The summed E-state index contributed by atoms with van der Waals surface area (Å²) in [5, 5.41) is 6.61. The number of nitrogens with zero attached hydrogens (tertiary/aromatic N) is 2. The monoisotopic (exact) mass is 559 g/mol. The summed E-state index contributed by atoms with van der Waals surface area (Å²) < 4.78 is 2.52. The molecule has 1 aliphatic rings. The van der Waals surface area contributed by atoms with Crippen molar-refractivity contribution in [2.45, 2.75) is 12.8 Å². The first-order valence-corrected chi connectivity index (χ1v) is 15.0. The van der Waals surface area contributed by atoms with Crippen molar-refractivity contribution in [3.05, 3.63) is 167 Å². The van der Waals surface area contributed by atoms with Gasteiger partial charge in [-0.05, 0) is 35.1 Å². The van der Waals surface area contributed by atoms with Gasteiger partial charge in [-0.2, -0.15) is 5.10 Å². The maximum absolute atomic E-state index is 5.91. The molecule has 7 rings (SSSR count). The van der Waals surface area contributed by atoms with Gasteiger partial charge in [0, 0.05) is 36.9 Å². The Kier molecular flexibility index (Phi) is 7.05. The summed E-state index contributed by atoms with van der Waals surface area (Å²) in [6.07, 6.45) is 6.66. The molecule has 1 heterocycles. The van der Waals surface area contributed by atoms with E-state index in [1.165, 1.54) is 42.4 Å². The first kappa shape index (κ1) is 25.9. The Bertz CT molecular complexity index is 2020. The molecule has 0 saturated carbocycles. The Balaban J connectivity index is 1.39. The van der Waals surface area contributed by atoms with Crippen molar-refractivity contribution in [1.29, 1.82) is 0 Å². The minimum Gasteiger partial charge on any atom is -0.321 e. The second-order valence-corrected chi connectivity index (χ2v) is 11.4. The highest BCUT2D eigenvalue weighted by molar-refractivity contribution is 7.26. The molecule has 0 saturated heterocycles. The summed E-state index contributed by atoms with van der Waals surface area (Å²) in [6, 6.07) is 44.1. The highest BCUT2D eigenvalue weighted by Crippen LogP contribution is 2.42. The van der Waals surface area contributed by atoms with E-state index in [9.17, 15) is 0 Å². The molecule has 1 aliphatic carbocycles. The average molecular weight is 560 g/mol. The van der Waals surface area contributed by atoms with Gasteiger partial charge in [0.2, 0.25) is 0 Å². The van der Waals surface area contributed by atoms with Crippen LogP contribution in [0.3, 0.4) is 0 Å². The summed E-state index contributed by atoms with van der Waals surface area (Å²) >= 11 is 1.85. The fraction of sp³-hybridized carbons (Fsp3) is 0.0526. The fourth-order valence-corrected chi connectivity index (χ4v) is 7.12. The van der Waals surface area contributed by atoms with Crippen molar-refractivity contribution >= 4 is 54.2 Å². The fourth-order valence-electron chi connectivity index (χ4n) is 5.75. The number of thiophene rings is 1. The predicted molar refractivity (Wildman–Crippen MR) is 180 cm³/mol. The van der Waals surface area contributed by atoms with Crippen molar-refractivity contribution in [3.8, 4) is 0 Å². The Hall–Kier alpha value is -5.06. The smallest absolute Gasteiger partial charge is 0.179 e. The van der Waals surface area contributed by atoms with E-state index in [0.717, 1.165) is 35.2 Å². The van der Waals surface area contributed by atoms with Gasteiger partial charge < -0.3 is 5.84 Å². The highest BCUT2D eigenvalue weighted by Gasteiger charge is 2.19. The standard InChI is InChI=1S/C38H29N3S/c39-41-38(30-16-8-3-9-17-30)40-35(29-14-6-2-7-15-29)34-21-11-20-33-32-19-10-18-31(36(32)42-37(33)34)28-24-22-27(23-25-28)26-12-4-1-5-13-26/h1-22,24H,23,25,39H2/b40-35+,41-38-. The summed E-state index contributed by atoms with van der Waals surface area (Å²) in [4.78, 5) is 5.10. The van der Waals surface area contributed by atoms with Crippen LogP contribution in [0, 0.1) is 0 Å². The van der Waals surface area contributed by atoms with Crippen LogP contribution in [0.25, 0.3) is 31.3 Å². The molecule has 0 unspecified atom stereocenters. The van der Waals surface area contributed by atoms with Crippen LogP contribution < -0.4 is 5.84 Å². The van der Waals surface area contributed by atoms with E-state index in [1.54, 1.807) is 0 Å². The molecular formula is C38H29N3S. The molecule has 6 aromatic rings. The molecule has 1 aromatic heterocycles. The number of hydrogen-bond donors (Lipinski definition) is 1. The molecule has 0 fully saturated rings. The van der Waals surface area contributed by atoms with Crippen LogP contribution in [0.2, 0.25) is 0 Å². The Labute approximate surface area is 249 Å². The number of nitrogens with two attached hydrogens (primary N) is 1. The van der Waals surface area contributed by atoms with Gasteiger partial charge in [0.05, 0.1) is 5.71 Å². The molecule has 0 spiro atoms. The molecule has 202 valence electrons. The number of rotatable bonds is 5. The number of benzene rings is 5. The topological polar surface area (TPSA) is 50.7 Å². The van der Waals surface area contributed by atoms with Crippen molar-refractivity contribution < 1.29 is 0 Å². The van der Waals surface area contributed by atoms with Crippen LogP contribution >= 0.6 is 11.3 Å². The molecule has 0 radical (unpaired) electrons. The SMILES string of the molecule is N/N=C(\N=C(/c1ccccc1)c1cccc2c1sc1c(C3=CC=C(c4ccccc4)CC3)cccc12)c1ccccc1. The zero-order valence-electron chi connectivity index (χ0n) is 23.1. The van der Waals surface area contributed by atoms with E-state index in [0.29, 0.717) is 5.84 Å². The second kappa shape index (κ2) is 11.4. The van der Waals surface area contributed by atoms with Gasteiger partial charge in [-0.25, -0.2) is 4.99 Å². The Morgan fingerprint density at radius 2 is 1.17 bits per heavy atom. The number of amidine groups is 1. The Morgan fingerprint density at radius 3 is 1.83 bits per heavy atom. The second-order valence-electron chi connectivity index (χ2n) is 10.4. The van der Waals surface area contributed by atoms with Gasteiger partial charge in [-0.1, -0.05) is 140 Å². The quantitative estimate of drug-likeness (QED) is 0.0972. The summed E-state index contributed by atoms with van der Waals surface area (Å²) in [7, 11) is 0. The lowest BCUT2D eigenvalue weighted by molar-refractivity contribution is 1.07. The van der Waals surface area contributed by atoms with Gasteiger partial charge in [0.15, 0.2) is 5.84 Å². The first-order valence-electron chi connectivity index (χ1n) is 14.2. The summed E-state index contributed by atoms with van der Waals surface area (Å²) in [6.45, 7) is 0. The van der Waals surface area contributed by atoms with E-state index in [4.69, 9.17) is 10.8 Å². The lowest BCUT2D eigenvalue weighted by Gasteiger charge is -2.16. The molecule has 3 nitrogen and oxygen atoms in total. The minimum absolute atomic E-state index is 0.502. The molecule has 0 aliphatic heterocycles. The molecule has 2 N–H and O–H groups in total. The molecule has 4 heteroatoms. The van der Waals surface area contributed by atoms with E-state index in [1.807, 2.05) is 59.9 Å². The van der Waals surface area contributed by atoms with E-state index in [-0.39, 0.29) is 0 Å². The van der Waals surface area contributed by atoms with Gasteiger partial charge in [0.25, 0.3) is 0 Å². The molecule has 0 atom stereocenters. The zero-order chi connectivity index (χ0) is 28.3. The average Bonchev–Trinajstić information content (AvgIpc) is 3.46. The van der Waals surface area contributed by atoms with Crippen LogP contribution in [0.15, 0.2) is 150 Å². The van der Waals surface area contributed by atoms with Crippen molar-refractivity contribution in [3.63, 3.8) is 0 Å². The van der Waals surface area contributed by atoms with Crippen LogP contribution in [-0.2, 0) is 0 Å². The third-order valence-corrected chi connectivity index (χ3v) is 9.13. The van der Waals surface area contributed by atoms with Crippen molar-refractivity contribution in [1.82, 2.24) is 0 Å². The van der Waals surface area contributed by atoms with Crippen molar-refractivity contribution in [2.75, 3.05) is 0 Å². The molecule has 0 amide bonds. The summed E-state index contributed by atoms with van der Waals surface area (Å²) in [5.41, 5.74) is 9.23. The maximum Gasteiger partial charge on any atom is 0.179 e. The molecular weight excluding hydrogens is 531 g/mol. The molecule has 0 bridgehead atoms. The zero-order valence-corrected chi connectivity index (χ0v) is 23.9. The maximum atomic E-state index is 5.91. The van der Waals surface area contributed by atoms with Gasteiger partial charge in [0.1, 0.15) is 0 Å². The first-order chi connectivity index (χ1) is 20.8. The highest BCUT2D eigenvalue weighted by atomic mass is 32.1. The third kappa shape index (κ3) is 4.87. The van der Waals surface area contributed by atoms with Gasteiger partial charge in [-0.15, -0.1) is 11.3 Å². The number of hydrogen-bond acceptors (Lipinski definition) is 3. The Morgan fingerprint density at radius 1 is 0.571 bits per heavy atom. The number of aliphatic imine (C=N–C) groups is 1. The van der Waals surface area contributed by atoms with E-state index < -0.39 is 0 Å². The lowest BCUT2D eigenvalue weighted by atomic mass is 9.89. The van der Waals surface area contributed by atoms with E-state index >= 15 is 0 Å². The number of fused-ring (bicyclic) bond motifs is 3. The summed E-state index contributed by atoms with van der Waals surface area (Å²) in [5.74, 6) is 6.41. The molecule has 5 aromatic carbocycles.